The Morgan fingerprint density at radius 1 is 1.44 bits per heavy atom. The van der Waals surface area contributed by atoms with Crippen LogP contribution in [-0.4, -0.2) is 34.1 Å². The van der Waals surface area contributed by atoms with Crippen molar-refractivity contribution in [3.63, 3.8) is 0 Å². The molecule has 0 aliphatic heterocycles. The maximum atomic E-state index is 5.91. The third-order valence-corrected chi connectivity index (χ3v) is 3.88. The van der Waals surface area contributed by atoms with Crippen molar-refractivity contribution in [1.29, 1.82) is 0 Å². The molecule has 0 aromatic carbocycles. The molecule has 1 saturated carbocycles. The largest absolute Gasteiger partial charge is 0.369 e. The second kappa shape index (κ2) is 4.09. The van der Waals surface area contributed by atoms with E-state index in [9.17, 15) is 0 Å². The minimum atomic E-state index is 0.279. The minimum absolute atomic E-state index is 0.279. The van der Waals surface area contributed by atoms with Crippen LogP contribution in [0.4, 0.5) is 5.95 Å². The van der Waals surface area contributed by atoms with Crippen LogP contribution in [0.2, 0.25) is 0 Å². The van der Waals surface area contributed by atoms with Crippen molar-refractivity contribution in [3.8, 4) is 0 Å². The van der Waals surface area contributed by atoms with Crippen LogP contribution in [-0.2, 0) is 6.54 Å². The molecule has 1 fully saturated rings. The van der Waals surface area contributed by atoms with E-state index in [1.54, 1.807) is 0 Å². The van der Waals surface area contributed by atoms with Gasteiger partial charge in [-0.3, -0.25) is 0 Å². The summed E-state index contributed by atoms with van der Waals surface area (Å²) in [7, 11) is 4.34. The Morgan fingerprint density at radius 3 is 2.50 bits per heavy atom. The molecule has 0 atom stereocenters. The fourth-order valence-electron chi connectivity index (χ4n) is 2.79. The van der Waals surface area contributed by atoms with Crippen molar-refractivity contribution in [2.75, 3.05) is 19.8 Å². The zero-order chi connectivity index (χ0) is 11.8. The SMILES string of the molecule is Cc1cn(CC2(N(C)C)CCCC2)c(N)n1. The summed E-state index contributed by atoms with van der Waals surface area (Å²) in [6.45, 7) is 2.95. The van der Waals surface area contributed by atoms with Crippen molar-refractivity contribution >= 4 is 5.95 Å². The molecule has 0 spiro atoms. The minimum Gasteiger partial charge on any atom is -0.369 e. The average Bonchev–Trinajstić information content (AvgIpc) is 2.76. The van der Waals surface area contributed by atoms with Gasteiger partial charge in [-0.2, -0.15) is 0 Å². The van der Waals surface area contributed by atoms with E-state index in [1.165, 1.54) is 25.7 Å². The Hall–Kier alpha value is -1.03. The van der Waals surface area contributed by atoms with Crippen molar-refractivity contribution in [2.45, 2.75) is 44.7 Å². The lowest BCUT2D eigenvalue weighted by molar-refractivity contribution is 0.134. The highest BCUT2D eigenvalue weighted by molar-refractivity contribution is 5.22. The van der Waals surface area contributed by atoms with E-state index in [1.807, 2.05) is 6.92 Å². The maximum Gasteiger partial charge on any atom is 0.200 e. The zero-order valence-electron chi connectivity index (χ0n) is 10.5. The quantitative estimate of drug-likeness (QED) is 0.846. The summed E-state index contributed by atoms with van der Waals surface area (Å²) in [5.74, 6) is 0.644. The lowest BCUT2D eigenvalue weighted by Crippen LogP contribution is -2.45. The highest BCUT2D eigenvalue weighted by Crippen LogP contribution is 2.35. The predicted octanol–water partition coefficient (Wildman–Crippen LogP) is 1.65. The molecule has 90 valence electrons. The van der Waals surface area contributed by atoms with Crippen LogP contribution in [0.1, 0.15) is 31.4 Å². The predicted molar refractivity (Wildman–Crippen MR) is 66.3 cm³/mol. The highest BCUT2D eigenvalue weighted by atomic mass is 15.2. The number of hydrogen-bond donors (Lipinski definition) is 1. The van der Waals surface area contributed by atoms with Crippen molar-refractivity contribution in [2.24, 2.45) is 0 Å². The van der Waals surface area contributed by atoms with Gasteiger partial charge in [-0.15, -0.1) is 0 Å². The molecule has 1 aliphatic rings. The summed E-state index contributed by atoms with van der Waals surface area (Å²) in [4.78, 5) is 6.62. The standard InChI is InChI=1S/C12H22N4/c1-10-8-16(11(13)14-10)9-12(15(2)3)6-4-5-7-12/h8H,4-7,9H2,1-3H3,(H2,13,14). The van der Waals surface area contributed by atoms with Crippen LogP contribution < -0.4 is 5.73 Å². The van der Waals surface area contributed by atoms with Gasteiger partial charge in [0.15, 0.2) is 5.95 Å². The van der Waals surface area contributed by atoms with Crippen molar-refractivity contribution in [1.82, 2.24) is 14.5 Å². The smallest absolute Gasteiger partial charge is 0.200 e. The summed E-state index contributed by atoms with van der Waals surface area (Å²) in [5.41, 5.74) is 7.19. The molecular formula is C12H22N4. The Bertz CT molecular complexity index is 361. The van der Waals surface area contributed by atoms with Crippen LogP contribution in [0.5, 0.6) is 0 Å². The van der Waals surface area contributed by atoms with Crippen LogP contribution >= 0.6 is 0 Å². The number of nitrogen functional groups attached to an aromatic ring is 1. The van der Waals surface area contributed by atoms with Gasteiger partial charge in [-0.05, 0) is 33.9 Å². The van der Waals surface area contributed by atoms with Crippen LogP contribution in [0.25, 0.3) is 0 Å². The molecule has 0 bridgehead atoms. The molecule has 1 aromatic rings. The summed E-state index contributed by atoms with van der Waals surface area (Å²) in [6, 6.07) is 0. The molecule has 1 aromatic heterocycles. The molecule has 0 radical (unpaired) electrons. The van der Waals surface area contributed by atoms with Crippen LogP contribution in [0.15, 0.2) is 6.20 Å². The van der Waals surface area contributed by atoms with Crippen LogP contribution in [0.3, 0.4) is 0 Å². The first-order valence-electron chi connectivity index (χ1n) is 6.00. The summed E-state index contributed by atoms with van der Waals surface area (Å²) in [5, 5.41) is 0. The summed E-state index contributed by atoms with van der Waals surface area (Å²) in [6.07, 6.45) is 7.23. The van der Waals surface area contributed by atoms with E-state index >= 15 is 0 Å². The topological polar surface area (TPSA) is 47.1 Å². The molecule has 0 amide bonds. The molecule has 2 N–H and O–H groups in total. The van der Waals surface area contributed by atoms with Gasteiger partial charge >= 0.3 is 0 Å². The van der Waals surface area contributed by atoms with E-state index in [0.29, 0.717) is 5.95 Å². The first-order valence-corrected chi connectivity index (χ1v) is 6.00. The Kier molecular flexibility index (Phi) is 2.93. The lowest BCUT2D eigenvalue weighted by Gasteiger charge is -2.36. The van der Waals surface area contributed by atoms with Gasteiger partial charge in [-0.1, -0.05) is 12.8 Å². The Balaban J connectivity index is 2.21. The van der Waals surface area contributed by atoms with Gasteiger partial charge in [0, 0.05) is 18.3 Å². The van der Waals surface area contributed by atoms with Gasteiger partial charge in [0.1, 0.15) is 0 Å². The number of aryl methyl sites for hydroxylation is 1. The zero-order valence-corrected chi connectivity index (χ0v) is 10.5. The number of nitrogens with zero attached hydrogens (tertiary/aromatic N) is 3. The van der Waals surface area contributed by atoms with Crippen molar-refractivity contribution in [3.05, 3.63) is 11.9 Å². The number of anilines is 1. The molecule has 2 rings (SSSR count). The molecule has 0 saturated heterocycles. The summed E-state index contributed by atoms with van der Waals surface area (Å²) >= 11 is 0. The second-order valence-corrected chi connectivity index (χ2v) is 5.19. The fraction of sp³-hybridized carbons (Fsp3) is 0.750. The lowest BCUT2D eigenvalue weighted by atomic mass is 9.96. The third-order valence-electron chi connectivity index (χ3n) is 3.88. The van der Waals surface area contributed by atoms with E-state index in [0.717, 1.165) is 12.2 Å². The molecule has 0 unspecified atom stereocenters. The van der Waals surface area contributed by atoms with E-state index in [2.05, 4.69) is 34.7 Å². The van der Waals surface area contributed by atoms with Gasteiger partial charge in [0.05, 0.1) is 5.69 Å². The van der Waals surface area contributed by atoms with Gasteiger partial charge in [0.25, 0.3) is 0 Å². The van der Waals surface area contributed by atoms with E-state index in [4.69, 9.17) is 5.73 Å². The molecule has 1 aliphatic carbocycles. The van der Waals surface area contributed by atoms with Gasteiger partial charge in [-0.25, -0.2) is 4.98 Å². The molecule has 1 heterocycles. The number of hydrogen-bond acceptors (Lipinski definition) is 3. The Labute approximate surface area is 97.4 Å². The highest BCUT2D eigenvalue weighted by Gasteiger charge is 2.36. The van der Waals surface area contributed by atoms with Crippen molar-refractivity contribution < 1.29 is 0 Å². The maximum absolute atomic E-state index is 5.91. The van der Waals surface area contributed by atoms with E-state index in [-0.39, 0.29) is 5.54 Å². The van der Waals surface area contributed by atoms with Crippen LogP contribution in [0, 0.1) is 6.92 Å². The third kappa shape index (κ3) is 1.94. The monoisotopic (exact) mass is 222 g/mol. The van der Waals surface area contributed by atoms with E-state index < -0.39 is 0 Å². The van der Waals surface area contributed by atoms with Gasteiger partial charge in [0.2, 0.25) is 0 Å². The second-order valence-electron chi connectivity index (χ2n) is 5.19. The fourth-order valence-corrected chi connectivity index (χ4v) is 2.79. The number of likely N-dealkylation sites (N-methyl/N-ethyl adjacent to an activating group) is 1. The molecule has 4 heteroatoms. The first kappa shape index (κ1) is 11.5. The number of nitrogens with two attached hydrogens (primary N) is 1. The van der Waals surface area contributed by atoms with Gasteiger partial charge < -0.3 is 15.2 Å². The molecule has 4 nitrogen and oxygen atoms in total. The Morgan fingerprint density at radius 2 is 2.06 bits per heavy atom. The first-order chi connectivity index (χ1) is 7.53. The summed E-state index contributed by atoms with van der Waals surface area (Å²) < 4.78 is 2.10. The normalized spacial score (nSPS) is 19.5. The number of imidazole rings is 1. The number of rotatable bonds is 3. The molecule has 16 heavy (non-hydrogen) atoms. The number of aromatic nitrogens is 2. The molecular weight excluding hydrogens is 200 g/mol. The average molecular weight is 222 g/mol.